The average Bonchev–Trinajstić information content (AvgIpc) is 3.97. The van der Waals surface area contributed by atoms with Gasteiger partial charge in [0.1, 0.15) is 0 Å². The normalized spacial score (nSPS) is 17.3. The van der Waals surface area contributed by atoms with Gasteiger partial charge in [0.05, 0.1) is 4.83 Å². The molecule has 0 saturated carbocycles. The Morgan fingerprint density at radius 2 is 1.21 bits per heavy atom. The number of para-hydroxylation sites is 1. The number of benzene rings is 7. The predicted molar refractivity (Wildman–Crippen MR) is 266 cm³/mol. The van der Waals surface area contributed by atoms with E-state index in [-0.39, 0.29) is 23.1 Å². The van der Waals surface area contributed by atoms with Crippen molar-refractivity contribution in [2.75, 3.05) is 4.90 Å². The second kappa shape index (κ2) is 11.2. The summed E-state index contributed by atoms with van der Waals surface area (Å²) in [6.45, 7) is 17.1. The van der Waals surface area contributed by atoms with Gasteiger partial charge in [-0.15, -0.1) is 22.7 Å². The Kier molecular flexibility index (Phi) is 6.46. The highest BCUT2D eigenvalue weighted by molar-refractivity contribution is 7.27. The van der Waals surface area contributed by atoms with Gasteiger partial charge in [0, 0.05) is 80.2 Å². The molecule has 0 spiro atoms. The fourth-order valence-electron chi connectivity index (χ4n) is 12.5. The third-order valence-corrected chi connectivity index (χ3v) is 18.1. The summed E-state index contributed by atoms with van der Waals surface area (Å²) in [6.07, 6.45) is 2.38. The summed E-state index contributed by atoms with van der Waals surface area (Å²) in [5, 5.41) is 6.82. The molecule has 0 atom stereocenters. The van der Waals surface area contributed by atoms with Gasteiger partial charge in [-0.25, -0.2) is 0 Å². The van der Waals surface area contributed by atoms with E-state index in [9.17, 15) is 0 Å². The Labute approximate surface area is 365 Å². The summed E-state index contributed by atoms with van der Waals surface area (Å²) >= 11 is 3.95. The molecule has 2 nitrogen and oxygen atoms in total. The van der Waals surface area contributed by atoms with E-state index in [1.807, 2.05) is 22.7 Å². The largest absolute Gasteiger partial charge is 0.367 e. The zero-order valence-corrected chi connectivity index (χ0v) is 37.4. The van der Waals surface area contributed by atoms with Crippen molar-refractivity contribution in [2.24, 2.45) is 0 Å². The van der Waals surface area contributed by atoms with Crippen LogP contribution < -0.4 is 15.8 Å². The van der Waals surface area contributed by atoms with Crippen LogP contribution in [0.25, 0.3) is 73.6 Å². The molecule has 0 bridgehead atoms. The van der Waals surface area contributed by atoms with Crippen molar-refractivity contribution in [1.29, 1.82) is 0 Å². The molecule has 4 aliphatic rings. The highest BCUT2D eigenvalue weighted by atomic mass is 32.1. The standard InChI is InChI=1S/C56H45BN2S2/c1-30-25-40-41(55(4,5)24-23-54(40,2)3)29-43(30)58-44-26-36-31-15-8-11-20-38(31)56(6,7)39(36)28-42(44)57-50-45(58)27-37-32-16-9-12-21-46(32)60-52(37)49(50)35-19-14-18-34-48-33-17-10-13-22-47(33)61-53(48)59(57)51(34)35/h8-22,25-29H,23-24H2,1-7H3. The lowest BCUT2D eigenvalue weighted by Gasteiger charge is -2.45. The first-order chi connectivity index (χ1) is 29.4. The number of anilines is 3. The van der Waals surface area contributed by atoms with Crippen LogP contribution in [0, 0.1) is 6.92 Å². The van der Waals surface area contributed by atoms with E-state index < -0.39 is 0 Å². The van der Waals surface area contributed by atoms with Crippen LogP contribution in [0.4, 0.5) is 17.1 Å². The highest BCUT2D eigenvalue weighted by Crippen LogP contribution is 2.56. The van der Waals surface area contributed by atoms with Crippen molar-refractivity contribution < 1.29 is 0 Å². The second-order valence-electron chi connectivity index (χ2n) is 20.3. The fraction of sp³-hybridized carbons (Fsp3) is 0.214. The van der Waals surface area contributed by atoms with Gasteiger partial charge in [-0.2, -0.15) is 0 Å². The molecule has 3 aromatic heterocycles. The Balaban J connectivity index is 1.20. The molecule has 7 aromatic carbocycles. The molecular formula is C56H45BN2S2. The minimum Gasteiger partial charge on any atom is -0.367 e. The number of fused-ring (bicyclic) bond motifs is 17. The predicted octanol–water partition coefficient (Wildman–Crippen LogP) is 14.8. The number of rotatable bonds is 1. The molecule has 294 valence electrons. The summed E-state index contributed by atoms with van der Waals surface area (Å²) in [5.41, 5.74) is 20.9. The van der Waals surface area contributed by atoms with Crippen LogP contribution in [-0.4, -0.2) is 11.3 Å². The molecule has 0 fully saturated rings. The van der Waals surface area contributed by atoms with Crippen LogP contribution >= 0.6 is 22.7 Å². The first-order valence-corrected chi connectivity index (χ1v) is 23.7. The van der Waals surface area contributed by atoms with E-state index in [0.717, 1.165) is 0 Å². The summed E-state index contributed by atoms with van der Waals surface area (Å²) in [4.78, 5) is 4.10. The maximum atomic E-state index is 2.79. The summed E-state index contributed by atoms with van der Waals surface area (Å²) < 4.78 is 6.90. The molecule has 14 rings (SSSR count). The van der Waals surface area contributed by atoms with E-state index in [1.54, 1.807) is 0 Å². The molecule has 5 heteroatoms. The highest BCUT2D eigenvalue weighted by Gasteiger charge is 2.48. The van der Waals surface area contributed by atoms with Gasteiger partial charge < -0.3 is 9.38 Å². The topological polar surface area (TPSA) is 8.17 Å². The number of nitrogens with zero attached hydrogens (tertiary/aromatic N) is 2. The van der Waals surface area contributed by atoms with E-state index in [0.29, 0.717) is 0 Å². The summed E-state index contributed by atoms with van der Waals surface area (Å²) in [6, 6.07) is 47.6. The third-order valence-electron chi connectivity index (χ3n) is 15.7. The number of aromatic nitrogens is 1. The van der Waals surface area contributed by atoms with Crippen molar-refractivity contribution in [3.05, 3.63) is 149 Å². The minimum atomic E-state index is -0.132. The Morgan fingerprint density at radius 1 is 0.541 bits per heavy atom. The van der Waals surface area contributed by atoms with E-state index in [1.165, 1.54) is 142 Å². The number of hydrogen-bond donors (Lipinski definition) is 0. The van der Waals surface area contributed by atoms with Crippen molar-refractivity contribution in [2.45, 2.75) is 77.6 Å². The molecule has 2 aliphatic carbocycles. The van der Waals surface area contributed by atoms with Crippen LogP contribution in [0.3, 0.4) is 0 Å². The first kappa shape index (κ1) is 35.0. The van der Waals surface area contributed by atoms with Crippen LogP contribution in [-0.2, 0) is 16.2 Å². The zero-order valence-electron chi connectivity index (χ0n) is 35.7. The Morgan fingerprint density at radius 3 is 2.02 bits per heavy atom. The number of aryl methyl sites for hydroxylation is 1. The molecule has 10 aromatic rings. The van der Waals surface area contributed by atoms with Crippen LogP contribution in [0.15, 0.2) is 121 Å². The Hall–Kier alpha value is -5.62. The lowest BCUT2D eigenvalue weighted by Crippen LogP contribution is -2.57. The maximum Gasteiger partial charge on any atom is 0.333 e. The van der Waals surface area contributed by atoms with Gasteiger partial charge in [0.25, 0.3) is 0 Å². The lowest BCUT2D eigenvalue weighted by atomic mass is 9.44. The van der Waals surface area contributed by atoms with Crippen LogP contribution in [0.5, 0.6) is 0 Å². The smallest absolute Gasteiger partial charge is 0.333 e. The third kappa shape index (κ3) is 4.21. The van der Waals surface area contributed by atoms with Gasteiger partial charge in [0.15, 0.2) is 0 Å². The molecule has 0 radical (unpaired) electrons. The molecular weight excluding hydrogens is 776 g/mol. The SMILES string of the molecule is Cc1cc2c(cc1N1c3cc4c(cc3B3c5c1cc1c(sc6ccccc61)c5-c1cccc5c6c7ccccc7sc6n3c15)C(C)(C)c1ccccc1-4)C(C)(C)CCC2(C)C. The van der Waals surface area contributed by atoms with Gasteiger partial charge >= 0.3 is 6.85 Å². The molecule has 0 N–H and O–H groups in total. The fourth-order valence-corrected chi connectivity index (χ4v) is 15.0. The molecule has 5 heterocycles. The van der Waals surface area contributed by atoms with Crippen molar-refractivity contribution >= 4 is 109 Å². The monoisotopic (exact) mass is 820 g/mol. The van der Waals surface area contributed by atoms with Gasteiger partial charge in [-0.05, 0) is 111 Å². The summed E-state index contributed by atoms with van der Waals surface area (Å²) in [7, 11) is 0. The molecule has 61 heavy (non-hydrogen) atoms. The molecule has 0 unspecified atom stereocenters. The zero-order chi connectivity index (χ0) is 41.1. The van der Waals surface area contributed by atoms with Crippen LogP contribution in [0.1, 0.15) is 82.2 Å². The summed E-state index contributed by atoms with van der Waals surface area (Å²) in [5.74, 6) is 0. The molecule has 0 amide bonds. The second-order valence-corrected chi connectivity index (χ2v) is 22.4. The number of hydrogen-bond acceptors (Lipinski definition) is 3. The number of thiophene rings is 2. The maximum absolute atomic E-state index is 2.79. The van der Waals surface area contributed by atoms with Crippen molar-refractivity contribution in [1.82, 2.24) is 4.48 Å². The van der Waals surface area contributed by atoms with Crippen LogP contribution in [0.2, 0.25) is 0 Å². The van der Waals surface area contributed by atoms with Gasteiger partial charge in [-0.1, -0.05) is 133 Å². The average molecular weight is 821 g/mol. The van der Waals surface area contributed by atoms with E-state index in [2.05, 4.69) is 179 Å². The molecule has 0 saturated heterocycles. The van der Waals surface area contributed by atoms with E-state index in [4.69, 9.17) is 0 Å². The molecule has 2 aliphatic heterocycles. The minimum absolute atomic E-state index is 0.00746. The van der Waals surface area contributed by atoms with Crippen molar-refractivity contribution in [3.63, 3.8) is 0 Å². The van der Waals surface area contributed by atoms with Gasteiger partial charge in [0.2, 0.25) is 0 Å². The Bertz CT molecular complexity index is 3660. The van der Waals surface area contributed by atoms with Crippen molar-refractivity contribution in [3.8, 4) is 22.3 Å². The van der Waals surface area contributed by atoms with Gasteiger partial charge in [-0.3, -0.25) is 0 Å². The lowest BCUT2D eigenvalue weighted by molar-refractivity contribution is 0.332. The quantitative estimate of drug-likeness (QED) is 0.150. The van der Waals surface area contributed by atoms with E-state index >= 15 is 0 Å². The first-order valence-electron chi connectivity index (χ1n) is 22.1.